The highest BCUT2D eigenvalue weighted by molar-refractivity contribution is 7.92. The van der Waals surface area contributed by atoms with Gasteiger partial charge in [-0.25, -0.2) is 14.1 Å². The summed E-state index contributed by atoms with van der Waals surface area (Å²) in [6, 6.07) is 6.42. The molecule has 0 aromatic heterocycles. The first-order valence-corrected chi connectivity index (χ1v) is 13.1. The third-order valence-electron chi connectivity index (χ3n) is 4.87. The molecule has 2 N–H and O–H groups in total. The number of carbonyl (C=O) groups excluding carboxylic acids is 2. The molecule has 2 unspecified atom stereocenters. The van der Waals surface area contributed by atoms with Crippen molar-refractivity contribution in [2.45, 2.75) is 50.6 Å². The molecule has 1 aromatic carbocycles. The van der Waals surface area contributed by atoms with Crippen LogP contribution in [0.3, 0.4) is 0 Å². The Morgan fingerprint density at radius 2 is 1.81 bits per heavy atom. The molecule has 0 radical (unpaired) electrons. The molecule has 0 bridgehead atoms. The zero-order valence-corrected chi connectivity index (χ0v) is 18.9. The van der Waals surface area contributed by atoms with Crippen molar-refractivity contribution in [3.05, 3.63) is 35.4 Å². The molecule has 0 saturated carbocycles. The van der Waals surface area contributed by atoms with Crippen LogP contribution in [-0.4, -0.2) is 38.6 Å². The van der Waals surface area contributed by atoms with E-state index < -0.39 is 35.3 Å². The molecule has 1 aromatic rings. The molecule has 152 valence electrons. The number of hydrogen-bond acceptors (Lipinski definition) is 6. The van der Waals surface area contributed by atoms with E-state index >= 15 is 0 Å². The van der Waals surface area contributed by atoms with Gasteiger partial charge in [0.1, 0.15) is 9.92 Å². The van der Waals surface area contributed by atoms with Gasteiger partial charge in [-0.1, -0.05) is 32.9 Å². The van der Waals surface area contributed by atoms with E-state index in [9.17, 15) is 13.8 Å². The fraction of sp³-hybridized carbons (Fsp3) is 0.556. The molecule has 0 fully saturated rings. The molecule has 0 spiro atoms. The molecular formula is C18H30N2O5SSi. The largest absolute Gasteiger partial charge is 0.469 e. The number of carbonyl (C=O) groups is 2. The van der Waals surface area contributed by atoms with E-state index in [1.807, 2.05) is 33.9 Å². The fourth-order valence-corrected chi connectivity index (χ4v) is 7.58. The van der Waals surface area contributed by atoms with Gasteiger partial charge in [-0.15, -0.1) is 0 Å². The van der Waals surface area contributed by atoms with Crippen LogP contribution in [0.2, 0.25) is 18.1 Å². The molecule has 0 aliphatic carbocycles. The van der Waals surface area contributed by atoms with E-state index in [4.69, 9.17) is 14.6 Å². The molecule has 0 amide bonds. The van der Waals surface area contributed by atoms with Crippen molar-refractivity contribution in [1.82, 2.24) is 0 Å². The minimum atomic E-state index is -3.29. The van der Waals surface area contributed by atoms with Crippen molar-refractivity contribution in [1.29, 1.82) is 0 Å². The van der Waals surface area contributed by atoms with Gasteiger partial charge >= 0.3 is 11.9 Å². The number of benzene rings is 1. The highest BCUT2D eigenvalue weighted by Gasteiger charge is 2.39. The highest BCUT2D eigenvalue weighted by Crippen LogP contribution is 2.39. The third kappa shape index (κ3) is 5.88. The fourth-order valence-electron chi connectivity index (χ4n) is 2.21. The predicted molar refractivity (Wildman–Crippen MR) is 109 cm³/mol. The van der Waals surface area contributed by atoms with E-state index in [2.05, 4.69) is 4.03 Å². The van der Waals surface area contributed by atoms with Gasteiger partial charge < -0.3 is 9.47 Å². The molecule has 0 aliphatic rings. The molecule has 1 rings (SSSR count). The Hall–Kier alpha value is -1.71. The van der Waals surface area contributed by atoms with E-state index in [0.29, 0.717) is 5.56 Å². The van der Waals surface area contributed by atoms with Crippen molar-refractivity contribution in [3.63, 3.8) is 0 Å². The lowest BCUT2D eigenvalue weighted by molar-refractivity contribution is -0.140. The lowest BCUT2D eigenvalue weighted by Crippen LogP contribution is -2.39. The van der Waals surface area contributed by atoms with E-state index in [1.54, 1.807) is 18.2 Å². The van der Waals surface area contributed by atoms with Crippen LogP contribution in [0.4, 0.5) is 0 Å². The maximum Gasteiger partial charge on any atom is 0.337 e. The first kappa shape index (κ1) is 23.3. The first-order chi connectivity index (χ1) is 12.2. The lowest BCUT2D eigenvalue weighted by atomic mass is 10.1. The molecular weight excluding hydrogens is 384 g/mol. The molecule has 9 heteroatoms. The average Bonchev–Trinajstić information content (AvgIpc) is 2.56. The number of hydrogen-bond donors (Lipinski definition) is 1. The van der Waals surface area contributed by atoms with Gasteiger partial charge in [-0.3, -0.25) is 8.82 Å². The third-order valence-corrected chi connectivity index (χ3v) is 12.8. The minimum Gasteiger partial charge on any atom is -0.469 e. The maximum atomic E-state index is 13.5. The summed E-state index contributed by atoms with van der Waals surface area (Å²) in [7, 11) is -3.11. The Bertz CT molecular complexity index is 823. The number of rotatable bonds is 6. The Morgan fingerprint density at radius 1 is 1.22 bits per heavy atom. The number of esters is 2. The molecule has 7 nitrogen and oxygen atoms in total. The summed E-state index contributed by atoms with van der Waals surface area (Å²) in [5.41, 5.74) is 0.769. The van der Waals surface area contributed by atoms with Crippen LogP contribution >= 0.6 is 0 Å². The molecule has 0 aliphatic heterocycles. The number of ether oxygens (including phenoxy) is 2. The second-order valence-electron chi connectivity index (χ2n) is 7.90. The number of nitrogens with two attached hydrogens (primary N) is 1. The van der Waals surface area contributed by atoms with Gasteiger partial charge in [0.15, 0.2) is 8.24 Å². The number of methoxy groups -OCH3 is 2. The maximum absolute atomic E-state index is 13.5. The summed E-state index contributed by atoms with van der Waals surface area (Å²) in [5, 5.41) is 5.14. The van der Waals surface area contributed by atoms with Crippen molar-refractivity contribution in [3.8, 4) is 0 Å². The van der Waals surface area contributed by atoms with E-state index in [1.165, 1.54) is 20.3 Å². The summed E-state index contributed by atoms with van der Waals surface area (Å²) in [4.78, 5) is 23.8. The van der Waals surface area contributed by atoms with Crippen LogP contribution in [0.1, 0.15) is 48.4 Å². The quantitative estimate of drug-likeness (QED) is 0.567. The second kappa shape index (κ2) is 8.53. The Morgan fingerprint density at radius 3 is 2.30 bits per heavy atom. The molecule has 27 heavy (non-hydrogen) atoms. The molecule has 0 saturated heterocycles. The van der Waals surface area contributed by atoms with Crippen molar-refractivity contribution < 1.29 is 23.3 Å². The monoisotopic (exact) mass is 414 g/mol. The lowest BCUT2D eigenvalue weighted by Gasteiger charge is -2.34. The Labute approximate surface area is 163 Å². The van der Waals surface area contributed by atoms with Crippen LogP contribution in [0.5, 0.6) is 0 Å². The summed E-state index contributed by atoms with van der Waals surface area (Å²) >= 11 is 0. The van der Waals surface area contributed by atoms with Gasteiger partial charge in [0.05, 0.1) is 31.5 Å². The summed E-state index contributed by atoms with van der Waals surface area (Å²) in [6.45, 7) is 10.1. The van der Waals surface area contributed by atoms with Crippen LogP contribution in [0.15, 0.2) is 28.3 Å². The zero-order valence-electron chi connectivity index (χ0n) is 17.1. The predicted octanol–water partition coefficient (Wildman–Crippen LogP) is 3.42. The van der Waals surface area contributed by atoms with Gasteiger partial charge in [0.2, 0.25) is 0 Å². The molecule has 2 atom stereocenters. The summed E-state index contributed by atoms with van der Waals surface area (Å²) in [5.74, 6) is -1.08. The SMILES string of the molecule is COC(=O)CC(c1cccc(C(=O)OC)c1)S(N)(=O)=N[Si](C)(C)C(C)(C)C. The van der Waals surface area contributed by atoms with Crippen molar-refractivity contribution in [2.75, 3.05) is 14.2 Å². The zero-order chi connectivity index (χ0) is 21.0. The van der Waals surface area contributed by atoms with E-state index in [-0.39, 0.29) is 17.0 Å². The van der Waals surface area contributed by atoms with Gasteiger partial charge in [0.25, 0.3) is 0 Å². The minimum absolute atomic E-state index is 0.168. The van der Waals surface area contributed by atoms with Crippen LogP contribution in [0.25, 0.3) is 0 Å². The van der Waals surface area contributed by atoms with Crippen molar-refractivity contribution >= 4 is 30.1 Å². The van der Waals surface area contributed by atoms with Crippen LogP contribution in [0, 0.1) is 0 Å². The topological polar surface area (TPSA) is 108 Å². The summed E-state index contributed by atoms with van der Waals surface area (Å²) < 4.78 is 27.6. The average molecular weight is 415 g/mol. The second-order valence-corrected chi connectivity index (χ2v) is 15.0. The summed E-state index contributed by atoms with van der Waals surface area (Å²) in [6.07, 6.45) is -0.200. The smallest absolute Gasteiger partial charge is 0.337 e. The Kier molecular flexibility index (Phi) is 7.37. The van der Waals surface area contributed by atoms with Crippen molar-refractivity contribution in [2.24, 2.45) is 9.17 Å². The first-order valence-electron chi connectivity index (χ1n) is 8.55. The van der Waals surface area contributed by atoms with Gasteiger partial charge in [-0.05, 0) is 35.8 Å². The normalized spacial score (nSPS) is 15.4. The van der Waals surface area contributed by atoms with Gasteiger partial charge in [-0.2, -0.15) is 0 Å². The standard InChI is InChI=1S/C18H30N2O5SSi/c1-18(2,3)27(6,7)20-26(19,23)15(12-16(21)24-4)13-9-8-10-14(11-13)17(22)25-5/h8-11,15H,12H2,1-7H3,(H2,19,20,23). The highest BCUT2D eigenvalue weighted by atomic mass is 32.2. The van der Waals surface area contributed by atoms with Crippen LogP contribution in [-0.2, 0) is 24.2 Å². The number of nitrogens with zero attached hydrogens (tertiary/aromatic N) is 1. The van der Waals surface area contributed by atoms with E-state index in [0.717, 1.165) is 0 Å². The van der Waals surface area contributed by atoms with Gasteiger partial charge in [0, 0.05) is 0 Å². The van der Waals surface area contributed by atoms with Crippen LogP contribution < -0.4 is 5.14 Å². The Balaban J connectivity index is 3.56. The molecule has 0 heterocycles.